The first-order valence-corrected chi connectivity index (χ1v) is 8.03. The highest BCUT2D eigenvalue weighted by Gasteiger charge is 2.34. The highest BCUT2D eigenvalue weighted by molar-refractivity contribution is 7.94. The van der Waals surface area contributed by atoms with E-state index in [1.165, 1.54) is 9.79 Å². The maximum Gasteiger partial charge on any atom is 0.182 e. The Hall–Kier alpha value is -0.520. The molecular weight excluding hydrogens is 377 g/mol. The van der Waals surface area contributed by atoms with E-state index < -0.39 is 0 Å². The summed E-state index contributed by atoms with van der Waals surface area (Å²) >= 11 is 0.0142. The van der Waals surface area contributed by atoms with Gasteiger partial charge < -0.3 is 24.0 Å². The molecular formula is C17H22INS. The Bertz CT molecular complexity index is 447. The minimum Gasteiger partial charge on any atom is -1.00 e. The third-order valence-corrected chi connectivity index (χ3v) is 5.64. The van der Waals surface area contributed by atoms with Gasteiger partial charge in [-0.15, -0.1) is 4.31 Å². The maximum atomic E-state index is 2.56. The highest BCUT2D eigenvalue weighted by Crippen LogP contribution is 2.28. The molecule has 0 aliphatic rings. The van der Waals surface area contributed by atoms with Crippen LogP contribution in [0.25, 0.3) is 0 Å². The van der Waals surface area contributed by atoms with E-state index in [0.29, 0.717) is 6.04 Å². The third kappa shape index (κ3) is 4.24. The molecule has 108 valence electrons. The Labute approximate surface area is 142 Å². The van der Waals surface area contributed by atoms with E-state index in [1.54, 1.807) is 0 Å². The molecule has 0 aromatic heterocycles. The summed E-state index contributed by atoms with van der Waals surface area (Å²) in [4.78, 5) is 2.79. The lowest BCUT2D eigenvalue weighted by molar-refractivity contribution is -0.00000430. The molecule has 20 heavy (non-hydrogen) atoms. The molecule has 2 aromatic carbocycles. The van der Waals surface area contributed by atoms with Crippen LogP contribution in [0.5, 0.6) is 0 Å². The van der Waals surface area contributed by atoms with Crippen LogP contribution in [0, 0.1) is 0 Å². The van der Waals surface area contributed by atoms with Gasteiger partial charge in [-0.1, -0.05) is 36.4 Å². The second kappa shape index (κ2) is 8.70. The molecule has 2 rings (SSSR count). The highest BCUT2D eigenvalue weighted by atomic mass is 127. The molecule has 0 heterocycles. The van der Waals surface area contributed by atoms with Crippen LogP contribution in [0.3, 0.4) is 0 Å². The minimum absolute atomic E-state index is 0. The summed E-state index contributed by atoms with van der Waals surface area (Å²) < 4.78 is 2.56. The van der Waals surface area contributed by atoms with Gasteiger partial charge in [-0.2, -0.15) is 0 Å². The molecule has 2 aromatic rings. The SMILES string of the molecule is CCN(C(C)C)[S+](c1ccccc1)c1ccccc1.[I-]. The van der Waals surface area contributed by atoms with Gasteiger partial charge in [0.25, 0.3) is 0 Å². The summed E-state index contributed by atoms with van der Waals surface area (Å²) in [6.45, 7) is 7.85. The van der Waals surface area contributed by atoms with Gasteiger partial charge in [0.15, 0.2) is 20.9 Å². The van der Waals surface area contributed by atoms with E-state index in [1.807, 2.05) is 0 Å². The molecule has 0 unspecified atom stereocenters. The molecule has 0 atom stereocenters. The topological polar surface area (TPSA) is 3.24 Å². The van der Waals surface area contributed by atoms with Crippen LogP contribution in [0.4, 0.5) is 0 Å². The number of benzene rings is 2. The van der Waals surface area contributed by atoms with Crippen molar-refractivity contribution in [2.45, 2.75) is 36.6 Å². The number of hydrogen-bond acceptors (Lipinski definition) is 1. The Morgan fingerprint density at radius 3 is 1.55 bits per heavy atom. The van der Waals surface area contributed by atoms with Gasteiger partial charge in [0, 0.05) is 6.54 Å². The summed E-state index contributed by atoms with van der Waals surface area (Å²) in [6, 6.07) is 22.2. The monoisotopic (exact) mass is 399 g/mol. The van der Waals surface area contributed by atoms with Crippen molar-refractivity contribution in [3.05, 3.63) is 60.7 Å². The van der Waals surface area contributed by atoms with E-state index >= 15 is 0 Å². The fourth-order valence-corrected chi connectivity index (χ4v) is 4.53. The molecule has 1 nitrogen and oxygen atoms in total. The number of rotatable bonds is 5. The smallest absolute Gasteiger partial charge is 0.182 e. The summed E-state index contributed by atoms with van der Waals surface area (Å²) in [5.41, 5.74) is 0. The zero-order chi connectivity index (χ0) is 13.7. The standard InChI is InChI=1S/C17H22NS.HI/c1-4-18(15(2)3)19(16-11-7-5-8-12-16)17-13-9-6-10-14-17;/h5-15H,4H2,1-3H3;1H/q+1;/p-1. The lowest BCUT2D eigenvalue weighted by atomic mass is 10.4. The van der Waals surface area contributed by atoms with Crippen LogP contribution < -0.4 is 24.0 Å². The Kier molecular flexibility index (Phi) is 7.62. The second-order valence-electron chi connectivity index (χ2n) is 4.74. The van der Waals surface area contributed by atoms with Crippen LogP contribution in [-0.2, 0) is 11.1 Å². The quantitative estimate of drug-likeness (QED) is 0.543. The number of halogens is 1. The van der Waals surface area contributed by atoms with Gasteiger partial charge >= 0.3 is 0 Å². The Morgan fingerprint density at radius 1 is 0.850 bits per heavy atom. The fraction of sp³-hybridized carbons (Fsp3) is 0.294. The van der Waals surface area contributed by atoms with Crippen molar-refractivity contribution < 1.29 is 24.0 Å². The zero-order valence-corrected chi connectivity index (χ0v) is 15.3. The molecule has 0 aliphatic heterocycles. The van der Waals surface area contributed by atoms with Gasteiger partial charge in [0.05, 0.1) is 6.04 Å². The van der Waals surface area contributed by atoms with Crippen molar-refractivity contribution in [2.75, 3.05) is 6.54 Å². The molecule has 0 amide bonds. The van der Waals surface area contributed by atoms with Crippen molar-refractivity contribution in [3.63, 3.8) is 0 Å². The van der Waals surface area contributed by atoms with Crippen LogP contribution in [-0.4, -0.2) is 16.9 Å². The summed E-state index contributed by atoms with van der Waals surface area (Å²) in [7, 11) is 0. The van der Waals surface area contributed by atoms with Gasteiger partial charge in [-0.05, 0) is 45.0 Å². The molecule has 0 saturated carbocycles. The molecule has 3 heteroatoms. The molecule has 0 saturated heterocycles. The van der Waals surface area contributed by atoms with Crippen molar-refractivity contribution in [3.8, 4) is 0 Å². The molecule has 0 radical (unpaired) electrons. The number of hydrogen-bond donors (Lipinski definition) is 0. The van der Waals surface area contributed by atoms with E-state index in [2.05, 4.69) is 85.7 Å². The first-order valence-electron chi connectivity index (χ1n) is 6.85. The largest absolute Gasteiger partial charge is 1.00 e. The molecule has 0 fully saturated rings. The van der Waals surface area contributed by atoms with Crippen molar-refractivity contribution >= 4 is 11.1 Å². The Balaban J connectivity index is 0.00000200. The zero-order valence-electron chi connectivity index (χ0n) is 12.3. The average Bonchev–Trinajstić information content (AvgIpc) is 2.46. The summed E-state index contributed by atoms with van der Waals surface area (Å²) in [5, 5.41) is 0. The summed E-state index contributed by atoms with van der Waals surface area (Å²) in [5.74, 6) is 0. The summed E-state index contributed by atoms with van der Waals surface area (Å²) in [6.07, 6.45) is 0. The first-order chi connectivity index (χ1) is 9.24. The van der Waals surface area contributed by atoms with Crippen molar-refractivity contribution in [1.29, 1.82) is 0 Å². The lowest BCUT2D eigenvalue weighted by Crippen LogP contribution is -3.00. The lowest BCUT2D eigenvalue weighted by Gasteiger charge is -2.23. The van der Waals surface area contributed by atoms with Gasteiger partial charge in [-0.25, -0.2) is 0 Å². The van der Waals surface area contributed by atoms with Gasteiger partial charge in [0.2, 0.25) is 0 Å². The minimum atomic E-state index is 0. The fourth-order valence-electron chi connectivity index (χ4n) is 2.21. The van der Waals surface area contributed by atoms with Crippen LogP contribution in [0.2, 0.25) is 0 Å². The second-order valence-corrected chi connectivity index (χ2v) is 6.72. The van der Waals surface area contributed by atoms with E-state index in [-0.39, 0.29) is 35.1 Å². The van der Waals surface area contributed by atoms with Crippen LogP contribution >= 0.6 is 0 Å². The maximum absolute atomic E-state index is 2.56. The van der Waals surface area contributed by atoms with E-state index in [4.69, 9.17) is 0 Å². The van der Waals surface area contributed by atoms with E-state index in [9.17, 15) is 0 Å². The normalized spacial score (nSPS) is 10.9. The average molecular weight is 399 g/mol. The molecule has 0 spiro atoms. The van der Waals surface area contributed by atoms with Crippen molar-refractivity contribution in [2.24, 2.45) is 0 Å². The number of nitrogens with zero attached hydrogens (tertiary/aromatic N) is 1. The predicted molar refractivity (Wildman–Crippen MR) is 84.3 cm³/mol. The predicted octanol–water partition coefficient (Wildman–Crippen LogP) is 1.37. The molecule has 0 aliphatic carbocycles. The van der Waals surface area contributed by atoms with Crippen molar-refractivity contribution in [1.82, 2.24) is 4.31 Å². The first kappa shape index (κ1) is 17.5. The third-order valence-electron chi connectivity index (χ3n) is 3.06. The molecule has 0 N–H and O–H groups in total. The van der Waals surface area contributed by atoms with Gasteiger partial charge in [0.1, 0.15) is 0 Å². The Morgan fingerprint density at radius 2 is 1.25 bits per heavy atom. The van der Waals surface area contributed by atoms with E-state index in [0.717, 1.165) is 6.54 Å². The molecule has 0 bridgehead atoms. The van der Waals surface area contributed by atoms with Crippen LogP contribution in [0.1, 0.15) is 20.8 Å². The van der Waals surface area contributed by atoms with Crippen LogP contribution in [0.15, 0.2) is 70.5 Å². The van der Waals surface area contributed by atoms with Gasteiger partial charge in [-0.3, -0.25) is 0 Å².